The topological polar surface area (TPSA) is 52.6 Å². The van der Waals surface area contributed by atoms with Gasteiger partial charge in [0.15, 0.2) is 6.10 Å². The Morgan fingerprint density at radius 3 is 2.31 bits per heavy atom. The Hall–Kier alpha value is -1.06. The fourth-order valence-corrected chi connectivity index (χ4v) is 0.753. The summed E-state index contributed by atoms with van der Waals surface area (Å²) >= 11 is 0. The first-order valence-corrected chi connectivity index (χ1v) is 4.22. The summed E-state index contributed by atoms with van der Waals surface area (Å²) in [4.78, 5) is 21.3. The Labute approximate surface area is 78.2 Å². The van der Waals surface area contributed by atoms with E-state index in [0.29, 0.717) is 6.42 Å². The Morgan fingerprint density at radius 1 is 1.46 bits per heavy atom. The highest BCUT2D eigenvalue weighted by Crippen LogP contribution is 2.10. The number of carbonyl (C=O) groups is 2. The van der Waals surface area contributed by atoms with Crippen molar-refractivity contribution in [2.45, 2.75) is 45.8 Å². The van der Waals surface area contributed by atoms with E-state index in [1.807, 2.05) is 0 Å². The Bertz CT molecular complexity index is 181. The van der Waals surface area contributed by atoms with Crippen LogP contribution in [0.1, 0.15) is 34.1 Å². The van der Waals surface area contributed by atoms with Gasteiger partial charge in [-0.2, -0.15) is 0 Å². The molecule has 0 rings (SSSR count). The Morgan fingerprint density at radius 2 is 2.00 bits per heavy atom. The molecule has 0 spiro atoms. The highest BCUT2D eigenvalue weighted by molar-refractivity contribution is 5.76. The van der Waals surface area contributed by atoms with Gasteiger partial charge < -0.3 is 9.47 Å². The molecule has 0 aromatic rings. The van der Waals surface area contributed by atoms with Gasteiger partial charge >= 0.3 is 5.97 Å². The highest BCUT2D eigenvalue weighted by atomic mass is 16.6. The maximum atomic E-state index is 11.3. The van der Waals surface area contributed by atoms with Gasteiger partial charge in [-0.15, -0.1) is 0 Å². The van der Waals surface area contributed by atoms with Crippen molar-refractivity contribution in [3.8, 4) is 0 Å². The van der Waals surface area contributed by atoms with E-state index in [1.165, 1.54) is 0 Å². The summed E-state index contributed by atoms with van der Waals surface area (Å²) in [6.07, 6.45) is -0.357. The van der Waals surface area contributed by atoms with Crippen LogP contribution in [0.2, 0.25) is 0 Å². The van der Waals surface area contributed by atoms with E-state index >= 15 is 0 Å². The van der Waals surface area contributed by atoms with Gasteiger partial charge in [-0.05, 0) is 27.2 Å². The summed E-state index contributed by atoms with van der Waals surface area (Å²) in [6, 6.07) is 0. The molecule has 0 fully saturated rings. The first-order chi connectivity index (χ1) is 5.90. The van der Waals surface area contributed by atoms with E-state index in [2.05, 4.69) is 4.74 Å². The zero-order valence-electron chi connectivity index (χ0n) is 8.49. The lowest BCUT2D eigenvalue weighted by Crippen LogP contribution is -2.32. The molecule has 4 nitrogen and oxygen atoms in total. The second kappa shape index (κ2) is 4.84. The molecule has 0 N–H and O–H groups in total. The largest absolute Gasteiger partial charge is 0.457 e. The predicted octanol–water partition coefficient (Wildman–Crippen LogP) is 1.28. The maximum absolute atomic E-state index is 11.3. The molecule has 1 atom stereocenters. The molecule has 1 unspecified atom stereocenters. The van der Waals surface area contributed by atoms with Crippen LogP contribution in [-0.4, -0.2) is 24.1 Å². The van der Waals surface area contributed by atoms with Gasteiger partial charge in [0, 0.05) is 0 Å². The smallest absolute Gasteiger partial charge is 0.347 e. The molecule has 0 aromatic heterocycles. The SMILES string of the molecule is CCC(OC=O)C(=O)OC(C)(C)C. The lowest BCUT2D eigenvalue weighted by Gasteiger charge is -2.22. The minimum absolute atomic E-state index is 0.262. The molecule has 0 aliphatic heterocycles. The van der Waals surface area contributed by atoms with E-state index in [4.69, 9.17) is 4.74 Å². The molecule has 0 radical (unpaired) electrons. The van der Waals surface area contributed by atoms with Gasteiger partial charge in [0.1, 0.15) is 5.60 Å². The third kappa shape index (κ3) is 5.22. The van der Waals surface area contributed by atoms with Crippen LogP contribution in [0.3, 0.4) is 0 Å². The predicted molar refractivity (Wildman–Crippen MR) is 47.1 cm³/mol. The number of hydrogen-bond donors (Lipinski definition) is 0. The van der Waals surface area contributed by atoms with Crippen molar-refractivity contribution in [3.05, 3.63) is 0 Å². The minimum atomic E-state index is -0.781. The highest BCUT2D eigenvalue weighted by Gasteiger charge is 2.24. The normalized spacial score (nSPS) is 13.2. The van der Waals surface area contributed by atoms with Crippen LogP contribution < -0.4 is 0 Å². The van der Waals surface area contributed by atoms with E-state index in [9.17, 15) is 9.59 Å². The van der Waals surface area contributed by atoms with Crippen molar-refractivity contribution in [1.29, 1.82) is 0 Å². The van der Waals surface area contributed by atoms with Gasteiger partial charge in [0.05, 0.1) is 0 Å². The summed E-state index contributed by atoms with van der Waals surface area (Å²) in [6.45, 7) is 7.30. The van der Waals surface area contributed by atoms with Crippen molar-refractivity contribution >= 4 is 12.4 Å². The first-order valence-electron chi connectivity index (χ1n) is 4.22. The fraction of sp³-hybridized carbons (Fsp3) is 0.778. The average Bonchev–Trinajstić information content (AvgIpc) is 1.96. The van der Waals surface area contributed by atoms with Crippen molar-refractivity contribution in [2.24, 2.45) is 0 Å². The van der Waals surface area contributed by atoms with Crippen molar-refractivity contribution in [2.75, 3.05) is 0 Å². The molecule has 0 saturated carbocycles. The second-order valence-electron chi connectivity index (χ2n) is 3.66. The fourth-order valence-electron chi connectivity index (χ4n) is 0.753. The molecule has 0 heterocycles. The summed E-state index contributed by atoms with van der Waals surface area (Å²) in [5, 5.41) is 0. The lowest BCUT2D eigenvalue weighted by molar-refractivity contribution is -0.171. The van der Waals surface area contributed by atoms with Crippen LogP contribution in [0.25, 0.3) is 0 Å². The molecule has 0 amide bonds. The van der Waals surface area contributed by atoms with E-state index < -0.39 is 17.7 Å². The monoisotopic (exact) mass is 188 g/mol. The van der Waals surface area contributed by atoms with E-state index in [1.54, 1.807) is 27.7 Å². The number of carbonyl (C=O) groups excluding carboxylic acids is 2. The average molecular weight is 188 g/mol. The molecule has 76 valence electrons. The summed E-state index contributed by atoms with van der Waals surface area (Å²) in [5.41, 5.74) is -0.545. The van der Waals surface area contributed by atoms with Gasteiger partial charge in [-0.1, -0.05) is 6.92 Å². The summed E-state index contributed by atoms with van der Waals surface area (Å²) in [5.74, 6) is -0.498. The maximum Gasteiger partial charge on any atom is 0.347 e. The standard InChI is InChI=1S/C9H16O4/c1-5-7(12-6-10)8(11)13-9(2,3)4/h6-7H,5H2,1-4H3. The Kier molecular flexibility index (Phi) is 4.45. The second-order valence-corrected chi connectivity index (χ2v) is 3.66. The van der Waals surface area contributed by atoms with Gasteiger partial charge in [-0.3, -0.25) is 4.79 Å². The lowest BCUT2D eigenvalue weighted by atomic mass is 10.2. The van der Waals surface area contributed by atoms with Gasteiger partial charge in [0.25, 0.3) is 6.47 Å². The molecular formula is C9H16O4. The zero-order valence-corrected chi connectivity index (χ0v) is 8.49. The summed E-state index contributed by atoms with van der Waals surface area (Å²) < 4.78 is 9.56. The molecule has 13 heavy (non-hydrogen) atoms. The van der Waals surface area contributed by atoms with Crippen LogP contribution in [-0.2, 0) is 19.1 Å². The van der Waals surface area contributed by atoms with Crippen molar-refractivity contribution in [1.82, 2.24) is 0 Å². The van der Waals surface area contributed by atoms with Crippen LogP contribution in [0.5, 0.6) is 0 Å². The van der Waals surface area contributed by atoms with E-state index in [-0.39, 0.29) is 6.47 Å². The van der Waals surface area contributed by atoms with Gasteiger partial charge in [-0.25, -0.2) is 4.79 Å². The number of esters is 1. The molecule has 0 aliphatic rings. The number of ether oxygens (including phenoxy) is 2. The number of hydrogen-bond acceptors (Lipinski definition) is 4. The number of rotatable bonds is 4. The third-order valence-corrected chi connectivity index (χ3v) is 1.26. The molecule has 0 bridgehead atoms. The van der Waals surface area contributed by atoms with Crippen LogP contribution in [0.4, 0.5) is 0 Å². The minimum Gasteiger partial charge on any atom is -0.457 e. The van der Waals surface area contributed by atoms with Crippen molar-refractivity contribution in [3.63, 3.8) is 0 Å². The Balaban J connectivity index is 4.13. The van der Waals surface area contributed by atoms with E-state index in [0.717, 1.165) is 0 Å². The van der Waals surface area contributed by atoms with Crippen LogP contribution in [0.15, 0.2) is 0 Å². The van der Waals surface area contributed by atoms with Crippen LogP contribution in [0, 0.1) is 0 Å². The molecule has 0 aliphatic carbocycles. The molecule has 4 heteroatoms. The van der Waals surface area contributed by atoms with Crippen LogP contribution >= 0.6 is 0 Å². The molecule has 0 aromatic carbocycles. The first kappa shape index (κ1) is 11.9. The molecule has 0 saturated heterocycles. The zero-order chi connectivity index (χ0) is 10.5. The molecular weight excluding hydrogens is 172 g/mol. The quantitative estimate of drug-likeness (QED) is 0.492. The third-order valence-electron chi connectivity index (χ3n) is 1.26. The van der Waals surface area contributed by atoms with Crippen molar-refractivity contribution < 1.29 is 19.1 Å². The summed E-state index contributed by atoms with van der Waals surface area (Å²) in [7, 11) is 0. The van der Waals surface area contributed by atoms with Gasteiger partial charge in [0.2, 0.25) is 0 Å².